The summed E-state index contributed by atoms with van der Waals surface area (Å²) in [6, 6.07) is 0. The Morgan fingerprint density at radius 1 is 1.42 bits per heavy atom. The van der Waals surface area contributed by atoms with Gasteiger partial charge in [0.05, 0.1) is 12.7 Å². The first kappa shape index (κ1) is 14.5. The van der Waals surface area contributed by atoms with E-state index in [1.165, 1.54) is 0 Å². The largest absolute Gasteiger partial charge is 0.463 e. The molecule has 0 aromatic rings. The van der Waals surface area contributed by atoms with Crippen molar-refractivity contribution in [3.63, 3.8) is 0 Å². The minimum atomic E-state index is -0.727. The van der Waals surface area contributed by atoms with Gasteiger partial charge in [-0.2, -0.15) is 0 Å². The molecule has 1 fully saturated rings. The average molecular weight is 270 g/mol. The van der Waals surface area contributed by atoms with E-state index in [9.17, 15) is 9.90 Å². The second kappa shape index (κ2) is 5.61. The van der Waals surface area contributed by atoms with Gasteiger partial charge in [0.1, 0.15) is 12.2 Å². The second-order valence-electron chi connectivity index (χ2n) is 4.97. The number of fused-ring (bicyclic) bond motifs is 1. The van der Waals surface area contributed by atoms with Gasteiger partial charge in [-0.25, -0.2) is 4.79 Å². The molecule has 0 amide bonds. The molecule has 108 valence electrons. The zero-order valence-electron chi connectivity index (χ0n) is 11.7. The van der Waals surface area contributed by atoms with Crippen LogP contribution in [-0.4, -0.2) is 41.8 Å². The first-order chi connectivity index (χ1) is 9.05. The number of hydrogen-bond donors (Lipinski definition) is 1. The lowest BCUT2D eigenvalue weighted by Gasteiger charge is -2.27. The van der Waals surface area contributed by atoms with Crippen LogP contribution in [-0.2, 0) is 19.0 Å². The summed E-state index contributed by atoms with van der Waals surface area (Å²) >= 11 is 0. The predicted molar refractivity (Wildman–Crippen MR) is 68.4 cm³/mol. The van der Waals surface area contributed by atoms with E-state index in [0.29, 0.717) is 25.0 Å². The first-order valence-corrected chi connectivity index (χ1v) is 6.96. The van der Waals surface area contributed by atoms with Crippen LogP contribution in [0.3, 0.4) is 0 Å². The fourth-order valence-corrected chi connectivity index (χ4v) is 2.65. The van der Waals surface area contributed by atoms with E-state index in [1.54, 1.807) is 13.0 Å². The highest BCUT2D eigenvalue weighted by molar-refractivity contribution is 5.88. The minimum absolute atomic E-state index is 0.257. The molecule has 0 unspecified atom stereocenters. The Bertz CT molecular complexity index is 372. The molecule has 19 heavy (non-hydrogen) atoms. The fourth-order valence-electron chi connectivity index (χ4n) is 2.65. The summed E-state index contributed by atoms with van der Waals surface area (Å²) < 4.78 is 16.8. The van der Waals surface area contributed by atoms with Crippen molar-refractivity contribution >= 4 is 5.97 Å². The van der Waals surface area contributed by atoms with Gasteiger partial charge in [-0.3, -0.25) is 0 Å². The Labute approximate surface area is 113 Å². The molecule has 1 aliphatic carbocycles. The van der Waals surface area contributed by atoms with Gasteiger partial charge in [-0.1, -0.05) is 13.8 Å². The molecular weight excluding hydrogens is 248 g/mol. The van der Waals surface area contributed by atoms with Gasteiger partial charge in [0.25, 0.3) is 0 Å². The van der Waals surface area contributed by atoms with Gasteiger partial charge >= 0.3 is 5.97 Å². The number of esters is 1. The van der Waals surface area contributed by atoms with Crippen molar-refractivity contribution < 1.29 is 24.1 Å². The zero-order valence-corrected chi connectivity index (χ0v) is 11.7. The highest BCUT2D eigenvalue weighted by Crippen LogP contribution is 2.40. The van der Waals surface area contributed by atoms with Gasteiger partial charge in [-0.15, -0.1) is 0 Å². The number of carbonyl (C=O) groups is 1. The van der Waals surface area contributed by atoms with Crippen molar-refractivity contribution in [3.05, 3.63) is 11.6 Å². The molecule has 3 atom stereocenters. The van der Waals surface area contributed by atoms with Crippen LogP contribution in [0, 0.1) is 0 Å². The van der Waals surface area contributed by atoms with E-state index in [0.717, 1.165) is 0 Å². The van der Waals surface area contributed by atoms with Gasteiger partial charge in [0.15, 0.2) is 5.79 Å². The number of hydrogen-bond acceptors (Lipinski definition) is 5. The smallest absolute Gasteiger partial charge is 0.333 e. The molecule has 1 heterocycles. The SMILES string of the molecule is CCOC(=O)C1=C[C@H]2OC(CC)(CC)O[C@H]2[C@H](O)C1. The average Bonchev–Trinajstić information content (AvgIpc) is 2.79. The van der Waals surface area contributed by atoms with Crippen LogP contribution in [0.4, 0.5) is 0 Å². The lowest BCUT2D eigenvalue weighted by Crippen LogP contribution is -2.39. The topological polar surface area (TPSA) is 65.0 Å². The van der Waals surface area contributed by atoms with Crippen molar-refractivity contribution in [2.45, 2.75) is 64.1 Å². The van der Waals surface area contributed by atoms with Gasteiger partial charge in [0, 0.05) is 12.0 Å². The molecule has 1 saturated heterocycles. The molecule has 5 nitrogen and oxygen atoms in total. The molecule has 0 aromatic heterocycles. The monoisotopic (exact) mass is 270 g/mol. The van der Waals surface area contributed by atoms with Crippen LogP contribution in [0.15, 0.2) is 11.6 Å². The second-order valence-corrected chi connectivity index (χ2v) is 4.97. The summed E-state index contributed by atoms with van der Waals surface area (Å²) in [5, 5.41) is 10.1. The molecule has 1 aliphatic heterocycles. The molecule has 0 aromatic carbocycles. The van der Waals surface area contributed by atoms with Crippen LogP contribution in [0.5, 0.6) is 0 Å². The van der Waals surface area contributed by atoms with E-state index < -0.39 is 18.0 Å². The van der Waals surface area contributed by atoms with E-state index >= 15 is 0 Å². The number of ether oxygens (including phenoxy) is 3. The molecule has 0 bridgehead atoms. The van der Waals surface area contributed by atoms with E-state index in [4.69, 9.17) is 14.2 Å². The third-order valence-electron chi connectivity index (χ3n) is 3.81. The van der Waals surface area contributed by atoms with E-state index in [-0.39, 0.29) is 18.5 Å². The Morgan fingerprint density at radius 3 is 2.68 bits per heavy atom. The first-order valence-electron chi connectivity index (χ1n) is 6.96. The van der Waals surface area contributed by atoms with E-state index in [1.807, 2.05) is 13.8 Å². The summed E-state index contributed by atoms with van der Waals surface area (Å²) in [6.07, 6.45) is 1.93. The van der Waals surface area contributed by atoms with Gasteiger partial charge in [-0.05, 0) is 25.8 Å². The Kier molecular flexibility index (Phi) is 4.28. The molecule has 0 saturated carbocycles. The summed E-state index contributed by atoms with van der Waals surface area (Å²) in [5.74, 6) is -1.02. The predicted octanol–water partition coefficient (Wildman–Crippen LogP) is 1.54. The lowest BCUT2D eigenvalue weighted by atomic mass is 9.92. The maximum Gasteiger partial charge on any atom is 0.333 e. The third kappa shape index (κ3) is 2.68. The normalized spacial score (nSPS) is 32.6. The number of aliphatic hydroxyl groups is 1. The molecule has 5 heteroatoms. The summed E-state index contributed by atoms with van der Waals surface area (Å²) in [5.41, 5.74) is 0.474. The van der Waals surface area contributed by atoms with E-state index in [2.05, 4.69) is 0 Å². The van der Waals surface area contributed by atoms with Crippen LogP contribution < -0.4 is 0 Å². The summed E-state index contributed by atoms with van der Waals surface area (Å²) in [4.78, 5) is 11.7. The summed E-state index contributed by atoms with van der Waals surface area (Å²) in [7, 11) is 0. The van der Waals surface area contributed by atoms with Crippen molar-refractivity contribution in [2.75, 3.05) is 6.61 Å². The van der Waals surface area contributed by atoms with Crippen LogP contribution in [0.25, 0.3) is 0 Å². The zero-order chi connectivity index (χ0) is 14.0. The number of rotatable bonds is 4. The Balaban J connectivity index is 2.17. The van der Waals surface area contributed by atoms with Crippen LogP contribution >= 0.6 is 0 Å². The quantitative estimate of drug-likeness (QED) is 0.785. The highest BCUT2D eigenvalue weighted by Gasteiger charge is 2.49. The lowest BCUT2D eigenvalue weighted by molar-refractivity contribution is -0.183. The third-order valence-corrected chi connectivity index (χ3v) is 3.81. The van der Waals surface area contributed by atoms with Crippen molar-refractivity contribution in [1.82, 2.24) is 0 Å². The van der Waals surface area contributed by atoms with Crippen molar-refractivity contribution in [2.24, 2.45) is 0 Å². The van der Waals surface area contributed by atoms with Gasteiger partial charge in [0.2, 0.25) is 0 Å². The van der Waals surface area contributed by atoms with Gasteiger partial charge < -0.3 is 19.3 Å². The molecular formula is C14H22O5. The standard InChI is InChI=1S/C14H22O5/c1-4-14(5-2)18-11-8-9(13(16)17-6-3)7-10(15)12(11)19-14/h8,10-12,15H,4-7H2,1-3H3/t10-,11-,12+/m1/s1. The Hall–Kier alpha value is -0.910. The number of carbonyl (C=O) groups excluding carboxylic acids is 1. The number of aliphatic hydroxyl groups excluding tert-OH is 1. The van der Waals surface area contributed by atoms with Crippen LogP contribution in [0.2, 0.25) is 0 Å². The molecule has 2 aliphatic rings. The minimum Gasteiger partial charge on any atom is -0.463 e. The maximum absolute atomic E-state index is 11.7. The fraction of sp³-hybridized carbons (Fsp3) is 0.786. The molecule has 0 radical (unpaired) electrons. The molecule has 1 N–H and O–H groups in total. The molecule has 2 rings (SSSR count). The summed E-state index contributed by atoms with van der Waals surface area (Å²) in [6.45, 7) is 6.06. The maximum atomic E-state index is 11.7. The van der Waals surface area contributed by atoms with Crippen LogP contribution in [0.1, 0.15) is 40.0 Å². The van der Waals surface area contributed by atoms with Crippen molar-refractivity contribution in [3.8, 4) is 0 Å². The Morgan fingerprint density at radius 2 is 2.11 bits per heavy atom. The van der Waals surface area contributed by atoms with Crippen molar-refractivity contribution in [1.29, 1.82) is 0 Å². The molecule has 0 spiro atoms. The highest BCUT2D eigenvalue weighted by atomic mass is 16.8.